The van der Waals surface area contributed by atoms with Crippen molar-refractivity contribution in [3.63, 3.8) is 0 Å². The van der Waals surface area contributed by atoms with Gasteiger partial charge in [0.2, 0.25) is 0 Å². The van der Waals surface area contributed by atoms with Crippen LogP contribution in [0.4, 0.5) is 5.88 Å². The SMILES string of the molecule is CCc1cc(-c2ccc(C)cc2)sc1S(=O)(=O)Nc1onc(C)c1Br.Cc1ccccc1. The first kappa shape index (κ1) is 24.2. The molecule has 0 saturated heterocycles. The molecule has 0 spiro atoms. The van der Waals surface area contributed by atoms with Crippen LogP contribution in [0.1, 0.15) is 29.3 Å². The van der Waals surface area contributed by atoms with Gasteiger partial charge in [-0.05, 0) is 60.3 Å². The van der Waals surface area contributed by atoms with Gasteiger partial charge in [0.15, 0.2) is 0 Å². The van der Waals surface area contributed by atoms with Crippen LogP contribution in [0.15, 0.2) is 73.9 Å². The minimum Gasteiger partial charge on any atom is -0.336 e. The van der Waals surface area contributed by atoms with Crippen LogP contribution < -0.4 is 4.72 Å². The third-order valence-electron chi connectivity index (χ3n) is 4.69. The number of rotatable bonds is 5. The highest BCUT2D eigenvalue weighted by molar-refractivity contribution is 9.10. The van der Waals surface area contributed by atoms with E-state index in [4.69, 9.17) is 4.52 Å². The average Bonchev–Trinajstić information content (AvgIpc) is 3.35. The van der Waals surface area contributed by atoms with E-state index in [1.54, 1.807) is 6.92 Å². The molecular formula is C24H25BrN2O3S2. The van der Waals surface area contributed by atoms with Crippen LogP contribution in [0.5, 0.6) is 0 Å². The molecule has 0 unspecified atom stereocenters. The summed E-state index contributed by atoms with van der Waals surface area (Å²) in [6.45, 7) is 7.77. The van der Waals surface area contributed by atoms with Gasteiger partial charge in [0.1, 0.15) is 8.68 Å². The summed E-state index contributed by atoms with van der Waals surface area (Å²) in [4.78, 5) is 0.921. The van der Waals surface area contributed by atoms with E-state index in [-0.39, 0.29) is 5.88 Å². The van der Waals surface area contributed by atoms with Crippen LogP contribution in [-0.2, 0) is 16.4 Å². The number of benzene rings is 2. The monoisotopic (exact) mass is 532 g/mol. The largest absolute Gasteiger partial charge is 0.336 e. The Morgan fingerprint density at radius 1 is 1.00 bits per heavy atom. The molecule has 0 aliphatic carbocycles. The van der Waals surface area contributed by atoms with E-state index in [1.165, 1.54) is 16.9 Å². The molecule has 4 rings (SSSR count). The smallest absolute Gasteiger partial charge is 0.274 e. The number of halogens is 1. The highest BCUT2D eigenvalue weighted by Gasteiger charge is 2.25. The normalized spacial score (nSPS) is 11.0. The van der Waals surface area contributed by atoms with Gasteiger partial charge in [0.05, 0.1) is 5.69 Å². The zero-order valence-corrected chi connectivity index (χ0v) is 21.6. The minimum atomic E-state index is -3.76. The zero-order chi connectivity index (χ0) is 23.3. The third kappa shape index (κ3) is 5.88. The summed E-state index contributed by atoms with van der Waals surface area (Å²) >= 11 is 4.53. The Kier molecular flexibility index (Phi) is 7.92. The summed E-state index contributed by atoms with van der Waals surface area (Å²) in [6, 6.07) is 20.2. The van der Waals surface area contributed by atoms with Crippen molar-refractivity contribution < 1.29 is 12.9 Å². The average molecular weight is 534 g/mol. The second-order valence-corrected chi connectivity index (χ2v) is 11.0. The van der Waals surface area contributed by atoms with Gasteiger partial charge in [-0.1, -0.05) is 77.8 Å². The van der Waals surface area contributed by atoms with Gasteiger partial charge in [0, 0.05) is 4.88 Å². The molecule has 2 aromatic heterocycles. The molecule has 168 valence electrons. The lowest BCUT2D eigenvalue weighted by Gasteiger charge is -2.05. The van der Waals surface area contributed by atoms with Crippen molar-refractivity contribution in [3.05, 3.63) is 87.5 Å². The maximum Gasteiger partial charge on any atom is 0.274 e. The van der Waals surface area contributed by atoms with Gasteiger partial charge in [-0.15, -0.1) is 11.3 Å². The Bertz CT molecular complexity index is 1280. The second-order valence-electron chi connectivity index (χ2n) is 7.31. The molecule has 1 N–H and O–H groups in total. The highest BCUT2D eigenvalue weighted by atomic mass is 79.9. The number of nitrogens with one attached hydrogen (secondary N) is 1. The van der Waals surface area contributed by atoms with Crippen LogP contribution in [0.25, 0.3) is 10.4 Å². The molecule has 0 atom stereocenters. The molecule has 0 amide bonds. The summed E-state index contributed by atoms with van der Waals surface area (Å²) in [6.07, 6.45) is 0.620. The molecule has 0 radical (unpaired) electrons. The van der Waals surface area contributed by atoms with E-state index in [9.17, 15) is 8.42 Å². The van der Waals surface area contributed by atoms with Crippen LogP contribution in [0.2, 0.25) is 0 Å². The van der Waals surface area contributed by atoms with E-state index < -0.39 is 10.0 Å². The fraction of sp³-hybridized carbons (Fsp3) is 0.208. The van der Waals surface area contributed by atoms with Crippen molar-refractivity contribution in [2.24, 2.45) is 0 Å². The number of hydrogen-bond donors (Lipinski definition) is 1. The fourth-order valence-corrected chi connectivity index (χ4v) is 6.09. The van der Waals surface area contributed by atoms with Crippen LogP contribution >= 0.6 is 27.3 Å². The first-order valence-corrected chi connectivity index (χ1v) is 13.2. The van der Waals surface area contributed by atoms with Gasteiger partial charge >= 0.3 is 0 Å². The lowest BCUT2D eigenvalue weighted by molar-refractivity contribution is 0.430. The molecule has 0 aliphatic rings. The maximum atomic E-state index is 12.8. The first-order valence-electron chi connectivity index (χ1n) is 10.1. The molecular weight excluding hydrogens is 508 g/mol. The van der Waals surface area contributed by atoms with Gasteiger partial charge in [0.25, 0.3) is 15.9 Å². The molecule has 2 aromatic carbocycles. The van der Waals surface area contributed by atoms with Gasteiger partial charge in [-0.25, -0.2) is 13.1 Å². The topological polar surface area (TPSA) is 72.2 Å². The van der Waals surface area contributed by atoms with E-state index in [0.717, 1.165) is 21.6 Å². The molecule has 0 saturated carbocycles. The number of sulfonamides is 1. The quantitative estimate of drug-likeness (QED) is 0.296. The van der Waals surface area contributed by atoms with Crippen molar-refractivity contribution in [3.8, 4) is 10.4 Å². The summed E-state index contributed by atoms with van der Waals surface area (Å²) in [7, 11) is -3.76. The number of anilines is 1. The lowest BCUT2D eigenvalue weighted by Crippen LogP contribution is -2.12. The van der Waals surface area contributed by atoms with Gasteiger partial charge in [-0.2, -0.15) is 0 Å². The van der Waals surface area contributed by atoms with Crippen LogP contribution in [0.3, 0.4) is 0 Å². The first-order chi connectivity index (χ1) is 15.2. The molecule has 2 heterocycles. The Morgan fingerprint density at radius 3 is 2.12 bits per heavy atom. The van der Waals surface area contributed by atoms with E-state index in [2.05, 4.69) is 44.9 Å². The van der Waals surface area contributed by atoms with Crippen molar-refractivity contribution >= 4 is 43.2 Å². The fourth-order valence-electron chi connectivity index (χ4n) is 2.87. The number of aryl methyl sites for hydroxylation is 4. The third-order valence-corrected chi connectivity index (χ3v) is 8.76. The number of nitrogens with zero attached hydrogens (tertiary/aromatic N) is 1. The van der Waals surface area contributed by atoms with Crippen molar-refractivity contribution in [2.45, 2.75) is 38.3 Å². The molecule has 32 heavy (non-hydrogen) atoms. The maximum absolute atomic E-state index is 12.8. The predicted molar refractivity (Wildman–Crippen MR) is 135 cm³/mol. The summed E-state index contributed by atoms with van der Waals surface area (Å²) in [5.74, 6) is 0.0878. The number of hydrogen-bond acceptors (Lipinski definition) is 5. The highest BCUT2D eigenvalue weighted by Crippen LogP contribution is 2.37. The molecule has 5 nitrogen and oxygen atoms in total. The van der Waals surface area contributed by atoms with Crippen molar-refractivity contribution in [1.29, 1.82) is 0 Å². The molecule has 8 heteroatoms. The minimum absolute atomic E-state index is 0.0878. The molecule has 0 bridgehead atoms. The van der Waals surface area contributed by atoms with E-state index >= 15 is 0 Å². The summed E-state index contributed by atoms with van der Waals surface area (Å²) in [5, 5.41) is 3.75. The Morgan fingerprint density at radius 2 is 1.62 bits per heavy atom. The molecule has 0 aliphatic heterocycles. The number of aromatic nitrogens is 1. The lowest BCUT2D eigenvalue weighted by atomic mass is 10.1. The second kappa shape index (κ2) is 10.5. The van der Waals surface area contributed by atoms with Crippen molar-refractivity contribution in [2.75, 3.05) is 4.72 Å². The standard InChI is InChI=1S/C17H17BrN2O3S2.C7H8/c1-4-12-9-14(13-7-5-10(2)6-8-13)24-17(12)25(21,22)20-16-15(18)11(3)19-23-16;1-7-5-3-2-4-6-7/h5-9,20H,4H2,1-3H3;2-6H,1H3. The van der Waals surface area contributed by atoms with Crippen LogP contribution in [0, 0.1) is 20.8 Å². The molecule has 4 aromatic rings. The van der Waals surface area contributed by atoms with Gasteiger partial charge in [-0.3, -0.25) is 0 Å². The summed E-state index contributed by atoms with van der Waals surface area (Å²) in [5.41, 5.74) is 4.85. The van der Waals surface area contributed by atoms with Crippen LogP contribution in [-0.4, -0.2) is 13.6 Å². The molecule has 0 fully saturated rings. The summed E-state index contributed by atoms with van der Waals surface area (Å²) < 4.78 is 34.0. The zero-order valence-electron chi connectivity index (χ0n) is 18.3. The Hall–Kier alpha value is -2.42. The predicted octanol–water partition coefficient (Wildman–Crippen LogP) is 7.14. The van der Waals surface area contributed by atoms with E-state index in [1.807, 2.05) is 62.4 Å². The Labute approximate surface area is 201 Å². The number of thiophene rings is 1. The van der Waals surface area contributed by atoms with Crippen molar-refractivity contribution in [1.82, 2.24) is 5.16 Å². The Balaban J connectivity index is 0.000000352. The van der Waals surface area contributed by atoms with Gasteiger partial charge < -0.3 is 4.52 Å². The van der Waals surface area contributed by atoms with E-state index in [0.29, 0.717) is 20.8 Å².